The van der Waals surface area contributed by atoms with Crippen molar-refractivity contribution in [3.63, 3.8) is 0 Å². The van der Waals surface area contributed by atoms with Crippen molar-refractivity contribution in [1.29, 1.82) is 0 Å². The molecule has 1 rings (SSSR count). The van der Waals surface area contributed by atoms with Crippen LogP contribution in [0.2, 0.25) is 0 Å². The van der Waals surface area contributed by atoms with Gasteiger partial charge in [0.2, 0.25) is 0 Å². The highest BCUT2D eigenvalue weighted by atomic mass is 16.5. The molecule has 0 saturated carbocycles. The molecule has 3 heteroatoms. The maximum absolute atomic E-state index is 5.88. The molecule has 1 atom stereocenters. The first kappa shape index (κ1) is 15.9. The van der Waals surface area contributed by atoms with Gasteiger partial charge in [0, 0.05) is 6.54 Å². The predicted molar refractivity (Wildman–Crippen MR) is 78.0 cm³/mol. The summed E-state index contributed by atoms with van der Waals surface area (Å²) in [6.07, 6.45) is 8.19. The van der Waals surface area contributed by atoms with Crippen LogP contribution in [0.1, 0.15) is 52.4 Å². The summed E-state index contributed by atoms with van der Waals surface area (Å²) in [5.74, 6) is 0.851. The number of hydrogen-bond donors (Lipinski definition) is 2. The lowest BCUT2D eigenvalue weighted by molar-refractivity contribution is 0.0345. The van der Waals surface area contributed by atoms with Crippen LogP contribution >= 0.6 is 0 Å². The van der Waals surface area contributed by atoms with Crippen LogP contribution in [0.4, 0.5) is 0 Å². The van der Waals surface area contributed by atoms with Crippen molar-refractivity contribution in [2.75, 3.05) is 32.8 Å². The number of nitrogens with one attached hydrogen (secondary N) is 2. The first-order valence-electron chi connectivity index (χ1n) is 7.89. The average Bonchev–Trinajstić information content (AvgIpc) is 2.43. The molecule has 0 spiro atoms. The zero-order valence-electron chi connectivity index (χ0n) is 12.3. The van der Waals surface area contributed by atoms with E-state index in [1.165, 1.54) is 38.5 Å². The minimum Gasteiger partial charge on any atom is -0.377 e. The molecule has 0 amide bonds. The second-order valence-corrected chi connectivity index (χ2v) is 5.44. The normalized spacial score (nSPS) is 19.0. The molecule has 1 heterocycles. The minimum absolute atomic E-state index is 0.495. The Morgan fingerprint density at radius 2 is 2.06 bits per heavy atom. The number of unbranched alkanes of at least 4 members (excludes halogenated alkanes) is 1. The van der Waals surface area contributed by atoms with E-state index >= 15 is 0 Å². The van der Waals surface area contributed by atoms with Gasteiger partial charge in [-0.05, 0) is 44.8 Å². The Hall–Kier alpha value is -0.120. The maximum atomic E-state index is 5.88. The summed E-state index contributed by atoms with van der Waals surface area (Å²) >= 11 is 0. The molecule has 3 nitrogen and oxygen atoms in total. The second kappa shape index (κ2) is 10.8. The van der Waals surface area contributed by atoms with Crippen LogP contribution in [0.25, 0.3) is 0 Å². The van der Waals surface area contributed by atoms with Crippen LogP contribution in [0.3, 0.4) is 0 Å². The largest absolute Gasteiger partial charge is 0.377 e. The van der Waals surface area contributed by atoms with Gasteiger partial charge in [0.05, 0.1) is 12.7 Å². The van der Waals surface area contributed by atoms with Gasteiger partial charge in [0.25, 0.3) is 0 Å². The summed E-state index contributed by atoms with van der Waals surface area (Å²) in [7, 11) is 0. The molecule has 18 heavy (non-hydrogen) atoms. The van der Waals surface area contributed by atoms with Crippen molar-refractivity contribution in [3.8, 4) is 0 Å². The fourth-order valence-corrected chi connectivity index (χ4v) is 2.51. The minimum atomic E-state index is 0.495. The van der Waals surface area contributed by atoms with Crippen molar-refractivity contribution in [2.45, 2.75) is 58.5 Å². The Morgan fingerprint density at radius 3 is 2.72 bits per heavy atom. The van der Waals surface area contributed by atoms with Gasteiger partial charge >= 0.3 is 0 Å². The topological polar surface area (TPSA) is 33.3 Å². The highest BCUT2D eigenvalue weighted by Gasteiger charge is 2.12. The van der Waals surface area contributed by atoms with E-state index < -0.39 is 0 Å². The molecule has 2 N–H and O–H groups in total. The van der Waals surface area contributed by atoms with Crippen molar-refractivity contribution >= 4 is 0 Å². The zero-order chi connectivity index (χ0) is 13.1. The summed E-state index contributed by atoms with van der Waals surface area (Å²) in [5.41, 5.74) is 0. The molecule has 0 aromatic carbocycles. The van der Waals surface area contributed by atoms with E-state index in [4.69, 9.17) is 4.74 Å². The lowest BCUT2D eigenvalue weighted by atomic mass is 9.99. The molecule has 0 radical (unpaired) electrons. The van der Waals surface area contributed by atoms with Gasteiger partial charge in [-0.1, -0.05) is 33.1 Å². The Bertz CT molecular complexity index is 181. The molecule has 0 aromatic rings. The standard InChI is InChI=1S/C15H32N2O/c1-3-5-6-14(4-2)13-17-11-12-18-15-7-9-16-10-8-15/h14-17H,3-13H2,1-2H3. The fourth-order valence-electron chi connectivity index (χ4n) is 2.51. The number of piperidine rings is 1. The Labute approximate surface area is 113 Å². The van der Waals surface area contributed by atoms with Crippen molar-refractivity contribution in [2.24, 2.45) is 5.92 Å². The molecule has 1 aliphatic heterocycles. The third-order valence-corrected chi connectivity index (χ3v) is 3.89. The second-order valence-electron chi connectivity index (χ2n) is 5.44. The lowest BCUT2D eigenvalue weighted by Gasteiger charge is -2.23. The number of ether oxygens (including phenoxy) is 1. The molecular weight excluding hydrogens is 224 g/mol. The summed E-state index contributed by atoms with van der Waals surface area (Å²) in [6, 6.07) is 0. The Balaban J connectivity index is 1.93. The van der Waals surface area contributed by atoms with E-state index in [1.807, 2.05) is 0 Å². The molecule has 1 fully saturated rings. The van der Waals surface area contributed by atoms with E-state index in [-0.39, 0.29) is 0 Å². The van der Waals surface area contributed by atoms with E-state index in [2.05, 4.69) is 24.5 Å². The van der Waals surface area contributed by atoms with Gasteiger partial charge in [-0.15, -0.1) is 0 Å². The molecule has 1 aliphatic rings. The number of rotatable bonds is 10. The fraction of sp³-hybridized carbons (Fsp3) is 1.00. The van der Waals surface area contributed by atoms with Crippen molar-refractivity contribution < 1.29 is 4.74 Å². The van der Waals surface area contributed by atoms with Crippen LogP contribution in [-0.2, 0) is 4.74 Å². The van der Waals surface area contributed by atoms with Crippen LogP contribution in [-0.4, -0.2) is 38.9 Å². The molecular formula is C15H32N2O. The van der Waals surface area contributed by atoms with E-state index in [0.29, 0.717) is 6.10 Å². The molecule has 1 unspecified atom stereocenters. The summed E-state index contributed by atoms with van der Waals surface area (Å²) in [6.45, 7) is 9.84. The molecule has 108 valence electrons. The van der Waals surface area contributed by atoms with Crippen molar-refractivity contribution in [3.05, 3.63) is 0 Å². The Morgan fingerprint density at radius 1 is 1.28 bits per heavy atom. The van der Waals surface area contributed by atoms with Gasteiger partial charge in [0.15, 0.2) is 0 Å². The van der Waals surface area contributed by atoms with Gasteiger partial charge in [0.1, 0.15) is 0 Å². The lowest BCUT2D eigenvalue weighted by Crippen LogP contribution is -2.34. The smallest absolute Gasteiger partial charge is 0.0600 e. The molecule has 0 bridgehead atoms. The highest BCUT2D eigenvalue weighted by Crippen LogP contribution is 2.11. The SMILES string of the molecule is CCCCC(CC)CNCCOC1CCNCC1. The highest BCUT2D eigenvalue weighted by molar-refractivity contribution is 4.68. The Kier molecular flexibility index (Phi) is 9.54. The predicted octanol–water partition coefficient (Wildman–Crippen LogP) is 2.56. The van der Waals surface area contributed by atoms with Crippen molar-refractivity contribution in [1.82, 2.24) is 10.6 Å². The van der Waals surface area contributed by atoms with Gasteiger partial charge in [-0.3, -0.25) is 0 Å². The van der Waals surface area contributed by atoms with E-state index in [1.54, 1.807) is 0 Å². The molecule has 0 aromatic heterocycles. The number of hydrogen-bond acceptors (Lipinski definition) is 3. The summed E-state index contributed by atoms with van der Waals surface area (Å²) in [5, 5.41) is 6.91. The van der Waals surface area contributed by atoms with Gasteiger partial charge in [-0.25, -0.2) is 0 Å². The first-order chi connectivity index (χ1) is 8.86. The zero-order valence-corrected chi connectivity index (χ0v) is 12.3. The van der Waals surface area contributed by atoms with Crippen LogP contribution in [0, 0.1) is 5.92 Å². The maximum Gasteiger partial charge on any atom is 0.0600 e. The van der Waals surface area contributed by atoms with Crippen LogP contribution in [0.15, 0.2) is 0 Å². The van der Waals surface area contributed by atoms with E-state index in [9.17, 15) is 0 Å². The monoisotopic (exact) mass is 256 g/mol. The average molecular weight is 256 g/mol. The van der Waals surface area contributed by atoms with E-state index in [0.717, 1.165) is 38.7 Å². The quantitative estimate of drug-likeness (QED) is 0.589. The first-order valence-corrected chi connectivity index (χ1v) is 7.89. The summed E-state index contributed by atoms with van der Waals surface area (Å²) in [4.78, 5) is 0. The van der Waals surface area contributed by atoms with Gasteiger partial charge < -0.3 is 15.4 Å². The third kappa shape index (κ3) is 7.34. The van der Waals surface area contributed by atoms with Crippen LogP contribution in [0.5, 0.6) is 0 Å². The summed E-state index contributed by atoms with van der Waals surface area (Å²) < 4.78 is 5.88. The molecule has 1 saturated heterocycles. The third-order valence-electron chi connectivity index (χ3n) is 3.89. The van der Waals surface area contributed by atoms with Gasteiger partial charge in [-0.2, -0.15) is 0 Å². The van der Waals surface area contributed by atoms with Crippen LogP contribution < -0.4 is 10.6 Å². The molecule has 0 aliphatic carbocycles.